The number of phenols is 1. The summed E-state index contributed by atoms with van der Waals surface area (Å²) >= 11 is 0. The average Bonchev–Trinajstić information content (AvgIpc) is 1.61. The Bertz CT molecular complexity index is 5460. The van der Waals surface area contributed by atoms with E-state index in [2.05, 4.69) is 91.0 Å². The molecule has 13 aromatic rings. The van der Waals surface area contributed by atoms with E-state index in [0.717, 1.165) is 13.7 Å². The van der Waals surface area contributed by atoms with Gasteiger partial charge in [-0.1, -0.05) is 212 Å². The molecule has 3 fully saturated rings. The first-order valence-electron chi connectivity index (χ1n) is 38.9. The molecule has 26 nitrogen and oxygen atoms in total. The van der Waals surface area contributed by atoms with Crippen molar-refractivity contribution in [3.05, 3.63) is 417 Å². The predicted octanol–water partition coefficient (Wildman–Crippen LogP) is 7.62. The summed E-state index contributed by atoms with van der Waals surface area (Å²) in [6.07, 6.45) is -4.79. The second-order valence-electron chi connectivity index (χ2n) is 28.4. The van der Waals surface area contributed by atoms with E-state index >= 15 is 0 Å². The molecule has 6 atom stereocenters. The maximum atomic E-state index is 13.8. The lowest BCUT2D eigenvalue weighted by Crippen LogP contribution is -2.57. The molecular formula is C94H85N6O20P. The van der Waals surface area contributed by atoms with Crippen LogP contribution in [0.2, 0.25) is 0 Å². The first-order chi connectivity index (χ1) is 58.8. The number of phenolic OH excluding ortho intramolecular Hbond substituents is 1. The number of hydrogen-bond acceptors (Lipinski definition) is 20. The molecule has 6 unspecified atom stereocenters. The average molecular weight is 1650 g/mol. The lowest BCUT2D eigenvalue weighted by molar-refractivity contribution is 0.0748. The Morgan fingerprint density at radius 3 is 0.694 bits per heavy atom. The van der Waals surface area contributed by atoms with Gasteiger partial charge in [0, 0.05) is 44.5 Å². The second-order valence-corrected chi connectivity index (χ2v) is 30.6. The molecule has 3 saturated heterocycles. The molecule has 3 aliphatic rings. The minimum atomic E-state index is -1.48. The summed E-state index contributed by atoms with van der Waals surface area (Å²) in [5, 5.41) is 46.4. The Kier molecular flexibility index (Phi) is 29.0. The number of aromatic hydroxyl groups is 1. The van der Waals surface area contributed by atoms with Gasteiger partial charge in [-0.25, -0.2) is 56.2 Å². The van der Waals surface area contributed by atoms with Crippen LogP contribution < -0.4 is 64.3 Å². The zero-order valence-corrected chi connectivity index (χ0v) is 66.2. The van der Waals surface area contributed by atoms with E-state index in [1.54, 1.807) is 152 Å². The SMILES string of the molecule is O=C(c1ccccc1)c1ccc(O)cc1.O=C(c1ccccc1)c1ccc(OCC(O)Cn2c(=O)n(CC(O)COc3ccc(C(=O)c4ccccc4)cc3)c(=O)n(CC(O)COc3ccc(C(=O)c4ccccc4)cc3)c2=O)cc1.O=c1n(CC2CO2)c(=O)n(CC2CO2)c(=O)n1CC1CO1.c1ccc(P(c2ccccc2)c2ccccc2)cc1. The molecular weight excluding hydrogens is 1560 g/mol. The van der Waals surface area contributed by atoms with E-state index in [-0.39, 0.29) is 84.1 Å². The van der Waals surface area contributed by atoms with Gasteiger partial charge in [0.15, 0.2) is 23.1 Å². The van der Waals surface area contributed by atoms with Gasteiger partial charge in [0.2, 0.25) is 0 Å². The summed E-state index contributed by atoms with van der Waals surface area (Å²) in [4.78, 5) is 129. The van der Waals surface area contributed by atoms with Crippen molar-refractivity contribution < 1.29 is 68.0 Å². The van der Waals surface area contributed by atoms with Crippen LogP contribution in [0.4, 0.5) is 0 Å². The maximum absolute atomic E-state index is 13.8. The number of aliphatic hydroxyl groups excluding tert-OH is 3. The molecule has 4 N–H and O–H groups in total. The van der Waals surface area contributed by atoms with Crippen LogP contribution in [-0.2, 0) is 53.5 Å². The number of ketones is 4. The van der Waals surface area contributed by atoms with Gasteiger partial charge in [-0.05, 0) is 121 Å². The molecule has 0 amide bonds. The molecule has 0 aliphatic carbocycles. The summed E-state index contributed by atoms with van der Waals surface area (Å²) in [6, 6.07) is 92.3. The van der Waals surface area contributed by atoms with Crippen LogP contribution in [0.25, 0.3) is 0 Å². The fraction of sp³-hybridized carbons (Fsp3) is 0.191. The van der Waals surface area contributed by atoms with Crippen LogP contribution >= 0.6 is 7.92 Å². The topological polar surface area (TPSA) is 346 Å². The van der Waals surface area contributed by atoms with Gasteiger partial charge in [-0.15, -0.1) is 0 Å². The molecule has 616 valence electrons. The van der Waals surface area contributed by atoms with Crippen molar-refractivity contribution in [1.29, 1.82) is 0 Å². The molecule has 0 radical (unpaired) electrons. The highest BCUT2D eigenvalue weighted by atomic mass is 31.1. The molecule has 121 heavy (non-hydrogen) atoms. The zero-order valence-electron chi connectivity index (χ0n) is 65.3. The minimum Gasteiger partial charge on any atom is -0.508 e. The smallest absolute Gasteiger partial charge is 0.336 e. The van der Waals surface area contributed by atoms with E-state index in [1.165, 1.54) is 64.4 Å². The van der Waals surface area contributed by atoms with Gasteiger partial charge in [0.1, 0.15) is 61.1 Å². The van der Waals surface area contributed by atoms with Gasteiger partial charge >= 0.3 is 34.1 Å². The predicted molar refractivity (Wildman–Crippen MR) is 454 cm³/mol. The lowest BCUT2D eigenvalue weighted by atomic mass is 10.0. The number of ether oxygens (including phenoxy) is 6. The molecule has 11 aromatic carbocycles. The van der Waals surface area contributed by atoms with Crippen molar-refractivity contribution in [2.45, 2.75) is 75.9 Å². The third-order valence-corrected chi connectivity index (χ3v) is 21.8. The largest absolute Gasteiger partial charge is 0.508 e. The molecule has 0 saturated carbocycles. The first-order valence-corrected chi connectivity index (χ1v) is 40.2. The normalized spacial score (nSPS) is 14.8. The van der Waals surface area contributed by atoms with Gasteiger partial charge in [0.25, 0.3) is 0 Å². The molecule has 3 aliphatic heterocycles. The monoisotopic (exact) mass is 1650 g/mol. The third-order valence-electron chi connectivity index (χ3n) is 19.3. The molecule has 27 heteroatoms. The van der Waals surface area contributed by atoms with E-state index in [9.17, 15) is 63.3 Å². The summed E-state index contributed by atoms with van der Waals surface area (Å²) in [5.41, 5.74) is -1.26. The minimum absolute atomic E-state index is 0.0319. The fourth-order valence-corrected chi connectivity index (χ4v) is 15.0. The Morgan fingerprint density at radius 2 is 0.479 bits per heavy atom. The Balaban J connectivity index is 0.000000181. The van der Waals surface area contributed by atoms with E-state index in [4.69, 9.17) is 33.5 Å². The van der Waals surface area contributed by atoms with E-state index < -0.39 is 99.8 Å². The van der Waals surface area contributed by atoms with Gasteiger partial charge in [-0.2, -0.15) is 0 Å². The highest BCUT2D eigenvalue weighted by Crippen LogP contribution is 2.32. The number of nitrogens with zero attached hydrogens (tertiary/aromatic N) is 6. The van der Waals surface area contributed by atoms with E-state index in [0.29, 0.717) is 78.0 Å². The van der Waals surface area contributed by atoms with Crippen molar-refractivity contribution in [2.24, 2.45) is 0 Å². The Labute approximate surface area is 694 Å². The summed E-state index contributed by atoms with van der Waals surface area (Å²) < 4.78 is 37.4. The van der Waals surface area contributed by atoms with Crippen LogP contribution in [0.3, 0.4) is 0 Å². The number of aliphatic hydroxyl groups is 3. The highest BCUT2D eigenvalue weighted by Gasteiger charge is 2.32. The third kappa shape index (κ3) is 23.4. The maximum Gasteiger partial charge on any atom is 0.336 e. The highest BCUT2D eigenvalue weighted by molar-refractivity contribution is 7.79. The van der Waals surface area contributed by atoms with Crippen LogP contribution in [0.1, 0.15) is 63.7 Å². The van der Waals surface area contributed by atoms with Crippen LogP contribution in [0.15, 0.2) is 338 Å². The molecule has 2 aromatic heterocycles. The Morgan fingerprint density at radius 1 is 0.289 bits per heavy atom. The number of epoxide rings is 3. The summed E-state index contributed by atoms with van der Waals surface area (Å²) in [6.45, 7) is -1.05. The number of rotatable bonds is 32. The van der Waals surface area contributed by atoms with Crippen molar-refractivity contribution in [3.8, 4) is 23.0 Å². The molecule has 16 rings (SSSR count). The molecule has 0 bridgehead atoms. The van der Waals surface area contributed by atoms with Crippen LogP contribution in [0.5, 0.6) is 23.0 Å². The summed E-state index contributed by atoms with van der Waals surface area (Å²) in [7, 11) is -0.446. The van der Waals surface area contributed by atoms with Gasteiger partial charge < -0.3 is 48.8 Å². The summed E-state index contributed by atoms with van der Waals surface area (Å²) in [5.74, 6) is 0.406. The van der Waals surface area contributed by atoms with Crippen molar-refractivity contribution >= 4 is 47.0 Å². The van der Waals surface area contributed by atoms with Crippen molar-refractivity contribution in [1.82, 2.24) is 27.4 Å². The number of carbonyl (C=O) groups excluding carboxylic acids is 4. The number of benzene rings is 11. The first kappa shape index (κ1) is 85.2. The number of aromatic nitrogens is 6. The van der Waals surface area contributed by atoms with E-state index in [1.807, 2.05) is 18.2 Å². The van der Waals surface area contributed by atoms with Crippen molar-refractivity contribution in [3.63, 3.8) is 0 Å². The lowest BCUT2D eigenvalue weighted by Gasteiger charge is -2.20. The standard InChI is InChI=1S/C51H45N3O12.C18H15P.C13H10O2.C12H15N3O6/c55-40(31-64-43-22-16-37(17-23-43)46(58)34-10-4-1-5-11-34)28-52-49(61)53(29-41(56)32-65-44-24-18-38(19-25-44)47(59)35-12-6-2-7-13-35)51(63)54(50(52)62)30-42(57)33-66-45-26-20-39(21-27-45)48(60)36-14-8-3-9-15-36;1-4-10-16(11-5-1)19(17-12-6-2-7-13-17)18-14-8-3-9-15-18;14-12-8-6-11(7-9-12)13(15)10-4-2-1-3-5-10;16-10-13(1-7-4-19-7)11(17)15(3-9-6-21-9)12(18)14(10)2-8-5-20-8/h1-27,40-42,55-57H,28-33H2;1-15H;1-9,14H;7-9H,1-6H2. The zero-order chi connectivity index (χ0) is 84.7. The van der Waals surface area contributed by atoms with Gasteiger partial charge in [0.05, 0.1) is 77.4 Å². The van der Waals surface area contributed by atoms with Crippen LogP contribution in [-0.4, -0.2) is 147 Å². The second kappa shape index (κ2) is 41.1. The van der Waals surface area contributed by atoms with Gasteiger partial charge in [-0.3, -0.25) is 19.2 Å². The number of carbonyl (C=O) groups is 4. The fourth-order valence-electron chi connectivity index (χ4n) is 12.7. The number of hydrogen-bond donors (Lipinski definition) is 4. The van der Waals surface area contributed by atoms with Crippen molar-refractivity contribution in [2.75, 3.05) is 39.6 Å². The molecule has 5 heterocycles. The van der Waals surface area contributed by atoms with Crippen LogP contribution in [0, 0.1) is 0 Å². The Hall–Kier alpha value is -13.7. The quantitative estimate of drug-likeness (QED) is 0.0179. The molecule has 0 spiro atoms.